The Morgan fingerprint density at radius 3 is 1.47 bits per heavy atom. The fourth-order valence-electron chi connectivity index (χ4n) is 9.33. The molecule has 1 heterocycles. The Kier molecular flexibility index (Phi) is 31.3. The quantitative estimate of drug-likeness (QED) is 0.0448. The Morgan fingerprint density at radius 1 is 0.600 bits per heavy atom. The Labute approximate surface area is 379 Å². The number of unbranched alkanes of at least 4 members (excludes halogenated alkanes) is 14. The maximum Gasteiger partial charge on any atom is 0.306 e. The number of thioether (sulfide) groups is 2. The minimum absolute atomic E-state index is 0.000560. The van der Waals surface area contributed by atoms with Gasteiger partial charge in [0.25, 0.3) is 0 Å². The van der Waals surface area contributed by atoms with Crippen molar-refractivity contribution in [2.75, 3.05) is 38.8 Å². The Balaban J connectivity index is 1.51. The van der Waals surface area contributed by atoms with E-state index in [0.29, 0.717) is 29.9 Å². The molecule has 60 heavy (non-hydrogen) atoms. The van der Waals surface area contributed by atoms with Gasteiger partial charge in [0.05, 0.1) is 12.7 Å². The largest absolute Gasteiger partial charge is 0.461 e. The molecule has 3 rings (SSSR count). The minimum Gasteiger partial charge on any atom is -0.461 e. The Morgan fingerprint density at radius 2 is 1.03 bits per heavy atom. The molecule has 2 saturated carbocycles. The van der Waals surface area contributed by atoms with E-state index in [0.717, 1.165) is 102 Å². The van der Waals surface area contributed by atoms with E-state index in [4.69, 9.17) is 18.9 Å². The van der Waals surface area contributed by atoms with Crippen LogP contribution in [0.2, 0.25) is 0 Å². The molecule has 3 atom stereocenters. The van der Waals surface area contributed by atoms with E-state index in [2.05, 4.69) is 56.4 Å². The number of carbonyl (C=O) groups excluding carboxylic acids is 2. The number of carbonyl (C=O) groups is 2. The molecule has 9 heteroatoms. The molecule has 0 bridgehead atoms. The molecule has 0 radical (unpaired) electrons. The molecule has 0 aromatic rings. The summed E-state index contributed by atoms with van der Waals surface area (Å²) in [5.41, 5.74) is 0. The molecular weight excluding hydrogens is 787 g/mol. The summed E-state index contributed by atoms with van der Waals surface area (Å²) in [6.45, 7) is 6.15. The van der Waals surface area contributed by atoms with Gasteiger partial charge in [0.2, 0.25) is 0 Å². The number of ether oxygens (including phenoxy) is 4. The molecule has 3 fully saturated rings. The number of esters is 2. The zero-order valence-corrected chi connectivity index (χ0v) is 41.3. The van der Waals surface area contributed by atoms with Crippen LogP contribution in [0.1, 0.15) is 239 Å². The predicted octanol–water partition coefficient (Wildman–Crippen LogP) is 14.4. The first-order valence-corrected chi connectivity index (χ1v) is 28.0. The predicted molar refractivity (Wildman–Crippen MR) is 257 cm³/mol. The lowest BCUT2D eigenvalue weighted by Crippen LogP contribution is -2.32. The first-order chi connectivity index (χ1) is 29.3. The van der Waals surface area contributed by atoms with Crippen LogP contribution in [0.15, 0.2) is 0 Å². The van der Waals surface area contributed by atoms with Crippen LogP contribution in [-0.4, -0.2) is 90.2 Å². The van der Waals surface area contributed by atoms with Crippen LogP contribution in [0.5, 0.6) is 0 Å². The molecule has 3 aliphatic rings. The number of hydrogen-bond donors (Lipinski definition) is 0. The molecule has 0 N–H and O–H groups in total. The second-order valence-corrected chi connectivity index (χ2v) is 21.9. The first-order valence-electron chi connectivity index (χ1n) is 25.9. The zero-order valence-electron chi connectivity index (χ0n) is 39.7. The van der Waals surface area contributed by atoms with Crippen molar-refractivity contribution in [2.45, 2.75) is 273 Å². The van der Waals surface area contributed by atoms with Crippen molar-refractivity contribution in [1.82, 2.24) is 4.90 Å². The summed E-state index contributed by atoms with van der Waals surface area (Å²) in [5, 5.41) is 1.43. The van der Waals surface area contributed by atoms with E-state index in [1.54, 1.807) is 0 Å². The third kappa shape index (κ3) is 26.3. The molecule has 3 unspecified atom stereocenters. The van der Waals surface area contributed by atoms with Crippen LogP contribution >= 0.6 is 23.5 Å². The van der Waals surface area contributed by atoms with Gasteiger partial charge in [0, 0.05) is 54.2 Å². The summed E-state index contributed by atoms with van der Waals surface area (Å²) in [4.78, 5) is 28.3. The smallest absolute Gasteiger partial charge is 0.306 e. The average Bonchev–Trinajstić information content (AvgIpc) is 3.67. The fourth-order valence-corrected chi connectivity index (χ4v) is 12.1. The number of rotatable bonds is 37. The van der Waals surface area contributed by atoms with Gasteiger partial charge in [-0.05, 0) is 97.6 Å². The van der Waals surface area contributed by atoms with E-state index in [1.165, 1.54) is 128 Å². The summed E-state index contributed by atoms with van der Waals surface area (Å²) in [6, 6.07) is 0. The molecule has 0 aromatic heterocycles. The monoisotopic (exact) mass is 882 g/mol. The Bertz CT molecular complexity index is 985. The summed E-state index contributed by atoms with van der Waals surface area (Å²) < 4.78 is 25.9. The summed E-state index contributed by atoms with van der Waals surface area (Å²) in [6.07, 6.45) is 40.0. The zero-order chi connectivity index (χ0) is 42.9. The van der Waals surface area contributed by atoms with Gasteiger partial charge in [0.1, 0.15) is 12.2 Å². The maximum atomic E-state index is 13.0. The van der Waals surface area contributed by atoms with Gasteiger partial charge >= 0.3 is 11.9 Å². The molecule has 1 aliphatic heterocycles. The van der Waals surface area contributed by atoms with Gasteiger partial charge in [0.15, 0.2) is 5.79 Å². The highest BCUT2D eigenvalue weighted by molar-refractivity contribution is 8.00. The molecule has 2 aliphatic carbocycles. The summed E-state index contributed by atoms with van der Waals surface area (Å²) >= 11 is 4.11. The van der Waals surface area contributed by atoms with Crippen molar-refractivity contribution >= 4 is 35.5 Å². The van der Waals surface area contributed by atoms with Crippen molar-refractivity contribution in [1.29, 1.82) is 0 Å². The van der Waals surface area contributed by atoms with Gasteiger partial charge in [-0.25, -0.2) is 0 Å². The van der Waals surface area contributed by atoms with Crippen LogP contribution in [-0.2, 0) is 28.5 Å². The highest BCUT2D eigenvalue weighted by Crippen LogP contribution is 2.37. The van der Waals surface area contributed by atoms with Crippen molar-refractivity contribution < 1.29 is 28.5 Å². The van der Waals surface area contributed by atoms with Crippen LogP contribution in [0.25, 0.3) is 0 Å². The van der Waals surface area contributed by atoms with Gasteiger partial charge < -0.3 is 23.8 Å². The van der Waals surface area contributed by atoms with E-state index in [-0.39, 0.29) is 30.3 Å². The standard InChI is InChI=1S/C51H95NO6S2/c1-5-7-9-11-13-15-23-35-49(53)56-45(42-59-47-31-19-17-20-32-47)29-25-27-38-51(55-41-44(58-51)37-40-52(3)4)39-28-26-30-46(43-60-48-33-21-18-22-34-48)57-50(54)36-24-16-14-12-10-8-6-2/h44-48H,5-43H2,1-4H3. The molecule has 0 spiro atoms. The molecule has 0 amide bonds. The summed E-state index contributed by atoms with van der Waals surface area (Å²) in [5.74, 6) is 1.28. The minimum atomic E-state index is -0.558. The van der Waals surface area contributed by atoms with Crippen molar-refractivity contribution in [2.24, 2.45) is 0 Å². The van der Waals surface area contributed by atoms with Crippen LogP contribution < -0.4 is 0 Å². The van der Waals surface area contributed by atoms with Crippen LogP contribution in [0, 0.1) is 0 Å². The van der Waals surface area contributed by atoms with Gasteiger partial charge in [-0.1, -0.05) is 129 Å². The van der Waals surface area contributed by atoms with Gasteiger partial charge in [-0.15, -0.1) is 0 Å². The topological polar surface area (TPSA) is 74.3 Å². The third-order valence-electron chi connectivity index (χ3n) is 13.2. The maximum absolute atomic E-state index is 13.0. The molecular formula is C51H95NO6S2. The Hall–Kier alpha value is -0.480. The lowest BCUT2D eigenvalue weighted by atomic mass is 9.99. The lowest BCUT2D eigenvalue weighted by Gasteiger charge is -2.29. The highest BCUT2D eigenvalue weighted by Gasteiger charge is 2.40. The van der Waals surface area contributed by atoms with Crippen LogP contribution in [0.4, 0.5) is 0 Å². The SMILES string of the molecule is CCCCCCCCCC(=O)OC(CCCCC1(CCCCC(CSC2CCCCC2)OC(=O)CCCCCCCCC)OCC(CCN(C)C)O1)CSC1CCCCC1. The van der Waals surface area contributed by atoms with E-state index in [1.807, 2.05) is 0 Å². The normalized spacial score (nSPS) is 21.4. The lowest BCUT2D eigenvalue weighted by molar-refractivity contribution is -0.180. The van der Waals surface area contributed by atoms with Crippen molar-refractivity contribution in [3.63, 3.8) is 0 Å². The summed E-state index contributed by atoms with van der Waals surface area (Å²) in [7, 11) is 4.25. The van der Waals surface area contributed by atoms with Crippen molar-refractivity contribution in [3.8, 4) is 0 Å². The second kappa shape index (κ2) is 34.9. The van der Waals surface area contributed by atoms with Gasteiger partial charge in [-0.3, -0.25) is 9.59 Å². The van der Waals surface area contributed by atoms with E-state index < -0.39 is 5.79 Å². The molecule has 0 aromatic carbocycles. The van der Waals surface area contributed by atoms with Crippen molar-refractivity contribution in [3.05, 3.63) is 0 Å². The molecule has 1 saturated heterocycles. The van der Waals surface area contributed by atoms with Gasteiger partial charge in [-0.2, -0.15) is 23.5 Å². The fraction of sp³-hybridized carbons (Fsp3) is 0.961. The van der Waals surface area contributed by atoms with E-state index >= 15 is 0 Å². The van der Waals surface area contributed by atoms with Crippen LogP contribution in [0.3, 0.4) is 0 Å². The first kappa shape index (κ1) is 53.9. The number of nitrogens with zero attached hydrogens (tertiary/aromatic N) is 1. The van der Waals surface area contributed by atoms with E-state index in [9.17, 15) is 9.59 Å². The third-order valence-corrected chi connectivity index (χ3v) is 16.2. The molecule has 352 valence electrons. The molecule has 7 nitrogen and oxygen atoms in total. The number of hydrogen-bond acceptors (Lipinski definition) is 9. The highest BCUT2D eigenvalue weighted by atomic mass is 32.2. The average molecular weight is 882 g/mol. The second-order valence-electron chi connectivity index (χ2n) is 19.2.